The molecule has 0 bridgehead atoms. The first-order chi connectivity index (χ1) is 14.7. The molecule has 3 fully saturated rings. The number of rotatable bonds is 4. The van der Waals surface area contributed by atoms with Crippen LogP contribution in [0, 0.1) is 0 Å². The van der Waals surface area contributed by atoms with Gasteiger partial charge in [-0.3, -0.25) is 14.5 Å². The van der Waals surface area contributed by atoms with Crippen molar-refractivity contribution in [2.24, 2.45) is 0 Å². The van der Waals surface area contributed by atoms with E-state index in [9.17, 15) is 9.59 Å². The summed E-state index contributed by atoms with van der Waals surface area (Å²) in [4.78, 5) is 37.7. The van der Waals surface area contributed by atoms with E-state index in [4.69, 9.17) is 0 Å². The average Bonchev–Trinajstić information content (AvgIpc) is 3.54. The SMILES string of the molecule is O=C([C@H]1CCCN1c1nnc(N2CCCC2=O)s1)N1CCN(c2ccccn2)CC1. The first-order valence-corrected chi connectivity index (χ1v) is 11.4. The molecule has 3 aliphatic rings. The molecule has 0 N–H and O–H groups in total. The maximum Gasteiger partial charge on any atom is 0.245 e. The van der Waals surface area contributed by atoms with Crippen molar-refractivity contribution < 1.29 is 9.59 Å². The molecule has 0 radical (unpaired) electrons. The minimum Gasteiger partial charge on any atom is -0.353 e. The van der Waals surface area contributed by atoms with Crippen LogP contribution in [-0.2, 0) is 9.59 Å². The summed E-state index contributed by atoms with van der Waals surface area (Å²) in [5.74, 6) is 1.24. The number of hydrogen-bond donors (Lipinski definition) is 0. The van der Waals surface area contributed by atoms with Crippen molar-refractivity contribution in [3.05, 3.63) is 24.4 Å². The highest BCUT2D eigenvalue weighted by Gasteiger charge is 2.37. The van der Waals surface area contributed by atoms with Crippen molar-refractivity contribution in [1.29, 1.82) is 0 Å². The van der Waals surface area contributed by atoms with Crippen LogP contribution in [0.15, 0.2) is 24.4 Å². The van der Waals surface area contributed by atoms with E-state index < -0.39 is 0 Å². The lowest BCUT2D eigenvalue weighted by Gasteiger charge is -2.37. The molecule has 3 saturated heterocycles. The van der Waals surface area contributed by atoms with Crippen LogP contribution < -0.4 is 14.7 Å². The van der Waals surface area contributed by atoms with Gasteiger partial charge in [0, 0.05) is 51.9 Å². The third-order valence-electron chi connectivity index (χ3n) is 6.06. The monoisotopic (exact) mass is 427 g/mol. The fourth-order valence-electron chi connectivity index (χ4n) is 4.44. The third-order valence-corrected chi connectivity index (χ3v) is 7.04. The molecule has 0 spiro atoms. The Morgan fingerprint density at radius 3 is 2.57 bits per heavy atom. The first kappa shape index (κ1) is 19.2. The Kier molecular flexibility index (Phi) is 5.24. The van der Waals surface area contributed by atoms with Crippen LogP contribution in [0.4, 0.5) is 16.1 Å². The molecule has 158 valence electrons. The maximum absolute atomic E-state index is 13.3. The Hall–Kier alpha value is -2.75. The summed E-state index contributed by atoms with van der Waals surface area (Å²) in [5, 5.41) is 9.95. The summed E-state index contributed by atoms with van der Waals surface area (Å²) in [7, 11) is 0. The fourth-order valence-corrected chi connectivity index (χ4v) is 5.41. The van der Waals surface area contributed by atoms with Gasteiger partial charge in [-0.1, -0.05) is 17.4 Å². The average molecular weight is 428 g/mol. The molecule has 3 aliphatic heterocycles. The van der Waals surface area contributed by atoms with Crippen molar-refractivity contribution >= 4 is 39.2 Å². The zero-order valence-corrected chi connectivity index (χ0v) is 17.6. The van der Waals surface area contributed by atoms with Crippen molar-refractivity contribution in [3.8, 4) is 0 Å². The van der Waals surface area contributed by atoms with E-state index in [0.29, 0.717) is 31.2 Å². The zero-order chi connectivity index (χ0) is 20.5. The van der Waals surface area contributed by atoms with Gasteiger partial charge in [0.2, 0.25) is 22.1 Å². The molecule has 9 nitrogen and oxygen atoms in total. The third kappa shape index (κ3) is 3.60. The Bertz CT molecular complexity index is 913. The fraction of sp³-hybridized carbons (Fsp3) is 0.550. The van der Waals surface area contributed by atoms with Gasteiger partial charge in [-0.15, -0.1) is 10.2 Å². The minimum atomic E-state index is -0.193. The molecule has 0 unspecified atom stereocenters. The smallest absolute Gasteiger partial charge is 0.245 e. The van der Waals surface area contributed by atoms with Gasteiger partial charge in [0.15, 0.2) is 0 Å². The minimum absolute atomic E-state index is 0.109. The first-order valence-electron chi connectivity index (χ1n) is 10.6. The second-order valence-corrected chi connectivity index (χ2v) is 8.80. The number of anilines is 3. The van der Waals surface area contributed by atoms with E-state index in [1.807, 2.05) is 23.1 Å². The van der Waals surface area contributed by atoms with Crippen LogP contribution in [0.2, 0.25) is 0 Å². The van der Waals surface area contributed by atoms with E-state index in [1.165, 1.54) is 11.3 Å². The van der Waals surface area contributed by atoms with Crippen LogP contribution in [-0.4, -0.2) is 77.2 Å². The summed E-state index contributed by atoms with van der Waals surface area (Å²) in [5.41, 5.74) is 0. The lowest BCUT2D eigenvalue weighted by atomic mass is 10.1. The number of carbonyl (C=O) groups excluding carboxylic acids is 2. The predicted octanol–water partition coefficient (Wildman–Crippen LogP) is 1.38. The van der Waals surface area contributed by atoms with Gasteiger partial charge in [-0.05, 0) is 31.4 Å². The van der Waals surface area contributed by atoms with Crippen LogP contribution >= 0.6 is 11.3 Å². The molecule has 2 amide bonds. The molecule has 2 aromatic heterocycles. The van der Waals surface area contributed by atoms with Gasteiger partial charge in [-0.25, -0.2) is 4.98 Å². The second-order valence-electron chi connectivity index (χ2n) is 7.87. The van der Waals surface area contributed by atoms with Crippen LogP contribution in [0.1, 0.15) is 25.7 Å². The van der Waals surface area contributed by atoms with Gasteiger partial charge >= 0.3 is 0 Å². The van der Waals surface area contributed by atoms with E-state index in [1.54, 1.807) is 11.1 Å². The topological polar surface area (TPSA) is 85.8 Å². The quantitative estimate of drug-likeness (QED) is 0.729. The molecular weight excluding hydrogens is 402 g/mol. The van der Waals surface area contributed by atoms with Crippen molar-refractivity contribution in [3.63, 3.8) is 0 Å². The predicted molar refractivity (Wildman–Crippen MR) is 115 cm³/mol. The standard InChI is InChI=1S/C20H25N7O2S/c28-17-7-4-10-27(17)20-23-22-19(30-20)26-9-3-5-15(26)18(29)25-13-11-24(12-14-25)16-6-1-2-8-21-16/h1-2,6,8,15H,3-5,7,9-14H2/t15-/m1/s1. The van der Waals surface area contributed by atoms with E-state index in [-0.39, 0.29) is 17.9 Å². The molecule has 1 atom stereocenters. The van der Waals surface area contributed by atoms with Gasteiger partial charge in [-0.2, -0.15) is 0 Å². The van der Waals surface area contributed by atoms with E-state index in [2.05, 4.69) is 25.0 Å². The molecule has 10 heteroatoms. The normalized spacial score (nSPS) is 22.3. The highest BCUT2D eigenvalue weighted by atomic mass is 32.1. The van der Waals surface area contributed by atoms with Gasteiger partial charge < -0.3 is 14.7 Å². The van der Waals surface area contributed by atoms with E-state index in [0.717, 1.165) is 49.8 Å². The van der Waals surface area contributed by atoms with Crippen LogP contribution in [0.5, 0.6) is 0 Å². The molecule has 0 saturated carbocycles. The van der Waals surface area contributed by atoms with Crippen molar-refractivity contribution in [1.82, 2.24) is 20.1 Å². The Balaban J connectivity index is 1.24. The number of carbonyl (C=O) groups is 2. The second kappa shape index (κ2) is 8.17. The largest absolute Gasteiger partial charge is 0.353 e. The molecular formula is C20H25N7O2S. The molecule has 0 aromatic carbocycles. The number of piperazine rings is 1. The molecule has 5 heterocycles. The summed E-state index contributed by atoms with van der Waals surface area (Å²) in [6.45, 7) is 4.47. The maximum atomic E-state index is 13.3. The summed E-state index contributed by atoms with van der Waals surface area (Å²) in [6, 6.07) is 5.72. The number of nitrogens with zero attached hydrogens (tertiary/aromatic N) is 7. The lowest BCUT2D eigenvalue weighted by molar-refractivity contribution is -0.132. The highest BCUT2D eigenvalue weighted by Crippen LogP contribution is 2.34. The van der Waals surface area contributed by atoms with Gasteiger partial charge in [0.1, 0.15) is 11.9 Å². The lowest BCUT2D eigenvalue weighted by Crippen LogP contribution is -2.54. The Morgan fingerprint density at radius 2 is 1.83 bits per heavy atom. The van der Waals surface area contributed by atoms with Crippen molar-refractivity contribution in [2.45, 2.75) is 31.7 Å². The Morgan fingerprint density at radius 1 is 1.00 bits per heavy atom. The summed E-state index contributed by atoms with van der Waals surface area (Å²) >= 11 is 1.42. The van der Waals surface area contributed by atoms with E-state index >= 15 is 0 Å². The Labute approximate surface area is 179 Å². The zero-order valence-electron chi connectivity index (χ0n) is 16.8. The van der Waals surface area contributed by atoms with Gasteiger partial charge in [0.05, 0.1) is 0 Å². The summed E-state index contributed by atoms with van der Waals surface area (Å²) < 4.78 is 0. The highest BCUT2D eigenvalue weighted by molar-refractivity contribution is 7.19. The molecule has 2 aromatic rings. The molecule has 0 aliphatic carbocycles. The number of amides is 2. The summed E-state index contributed by atoms with van der Waals surface area (Å²) in [6.07, 6.45) is 5.03. The number of pyridine rings is 1. The van der Waals surface area contributed by atoms with Gasteiger partial charge in [0.25, 0.3) is 0 Å². The van der Waals surface area contributed by atoms with Crippen molar-refractivity contribution in [2.75, 3.05) is 54.0 Å². The molecule has 30 heavy (non-hydrogen) atoms. The van der Waals surface area contributed by atoms with Crippen LogP contribution in [0.3, 0.4) is 0 Å². The molecule has 5 rings (SSSR count). The number of hydrogen-bond acceptors (Lipinski definition) is 8. The number of aromatic nitrogens is 3. The van der Waals surface area contributed by atoms with Crippen LogP contribution in [0.25, 0.3) is 0 Å².